The van der Waals surface area contributed by atoms with Gasteiger partial charge in [-0.25, -0.2) is 0 Å². The number of hydrogen-bond donors (Lipinski definition) is 1. The van der Waals surface area contributed by atoms with Crippen LogP contribution >= 0.6 is 0 Å². The third kappa shape index (κ3) is 4.17. The minimum Gasteiger partial charge on any atom is -0.487 e. The molecule has 1 aliphatic heterocycles. The first-order valence-electron chi connectivity index (χ1n) is 11.3. The summed E-state index contributed by atoms with van der Waals surface area (Å²) in [5.41, 5.74) is 5.33. The van der Waals surface area contributed by atoms with Gasteiger partial charge < -0.3 is 9.84 Å². The Bertz CT molecular complexity index is 726. The molecular weight excluding hydrogens is 344 g/mol. The van der Waals surface area contributed by atoms with Gasteiger partial charge in [0.15, 0.2) is 0 Å². The Balaban J connectivity index is 1.93. The quantitative estimate of drug-likeness (QED) is 0.412. The maximum absolute atomic E-state index is 9.70. The Kier molecular flexibility index (Phi) is 6.29. The van der Waals surface area contributed by atoms with Crippen molar-refractivity contribution in [1.29, 1.82) is 0 Å². The molecule has 1 N–H and O–H groups in total. The van der Waals surface area contributed by atoms with E-state index in [1.807, 2.05) is 0 Å². The average Bonchev–Trinajstić information content (AvgIpc) is 2.63. The second kappa shape index (κ2) is 8.22. The lowest BCUT2D eigenvalue weighted by molar-refractivity contribution is 0.00731. The maximum Gasteiger partial charge on any atom is 0.124 e. The summed E-state index contributed by atoms with van der Waals surface area (Å²) in [4.78, 5) is 0. The molecule has 2 aliphatic rings. The molecule has 0 saturated carbocycles. The number of aliphatic hydroxyl groups excluding tert-OH is 1. The van der Waals surface area contributed by atoms with Crippen LogP contribution in [0.4, 0.5) is 0 Å². The molecule has 1 aromatic rings. The lowest BCUT2D eigenvalue weighted by Crippen LogP contribution is -2.46. The van der Waals surface area contributed by atoms with Crippen molar-refractivity contribution in [1.82, 2.24) is 0 Å². The molecule has 3 rings (SSSR count). The number of benzene rings is 1. The fourth-order valence-corrected chi connectivity index (χ4v) is 5.38. The van der Waals surface area contributed by atoms with E-state index in [4.69, 9.17) is 4.74 Å². The monoisotopic (exact) mass is 384 g/mol. The summed E-state index contributed by atoms with van der Waals surface area (Å²) in [5, 5.41) is 9.70. The molecule has 1 aromatic carbocycles. The number of fused-ring (bicyclic) bond motifs is 3. The van der Waals surface area contributed by atoms with Gasteiger partial charge in [0.05, 0.1) is 6.61 Å². The van der Waals surface area contributed by atoms with Gasteiger partial charge in [-0.1, -0.05) is 58.6 Å². The highest BCUT2D eigenvalue weighted by Gasteiger charge is 2.45. The summed E-state index contributed by atoms with van der Waals surface area (Å²) in [5.74, 6) is 2.01. The van der Waals surface area contributed by atoms with Crippen molar-refractivity contribution in [2.75, 3.05) is 6.61 Å². The normalized spacial score (nSPS) is 23.5. The number of ether oxygens (including phenoxy) is 1. The van der Waals surface area contributed by atoms with Crippen LogP contribution in [-0.4, -0.2) is 17.3 Å². The number of aryl methyl sites for hydroxylation is 1. The third-order valence-corrected chi connectivity index (χ3v) is 7.25. The molecule has 0 aromatic heterocycles. The topological polar surface area (TPSA) is 29.5 Å². The van der Waals surface area contributed by atoms with E-state index in [0.717, 1.165) is 18.6 Å². The molecule has 1 heterocycles. The predicted molar refractivity (Wildman–Crippen MR) is 118 cm³/mol. The molecule has 28 heavy (non-hydrogen) atoms. The Morgan fingerprint density at radius 3 is 2.61 bits per heavy atom. The average molecular weight is 385 g/mol. The molecule has 2 atom stereocenters. The fraction of sp³-hybridized carbons (Fsp3) is 0.692. The van der Waals surface area contributed by atoms with Crippen LogP contribution in [0.15, 0.2) is 23.8 Å². The van der Waals surface area contributed by atoms with Gasteiger partial charge in [0.25, 0.3) is 0 Å². The van der Waals surface area contributed by atoms with Crippen molar-refractivity contribution in [3.8, 4) is 5.75 Å². The van der Waals surface area contributed by atoms with E-state index in [9.17, 15) is 5.11 Å². The molecule has 2 nitrogen and oxygen atoms in total. The van der Waals surface area contributed by atoms with Gasteiger partial charge in [0.1, 0.15) is 11.4 Å². The van der Waals surface area contributed by atoms with Crippen LogP contribution in [0.2, 0.25) is 0 Å². The number of allylic oxidation sites excluding steroid dienone is 1. The van der Waals surface area contributed by atoms with Crippen LogP contribution in [-0.2, 0) is 5.41 Å². The second-order valence-electron chi connectivity index (χ2n) is 10.3. The van der Waals surface area contributed by atoms with Crippen molar-refractivity contribution in [3.63, 3.8) is 0 Å². The molecule has 2 heteroatoms. The van der Waals surface area contributed by atoms with Crippen molar-refractivity contribution < 1.29 is 9.84 Å². The van der Waals surface area contributed by atoms with Crippen LogP contribution in [0.5, 0.6) is 5.75 Å². The SMILES string of the molecule is CCCCCCC(C)(C)c1cc(C)c2c(c1)OC(C)(C)[C@@H]1CC=C(CO)CC21. The zero-order valence-electron chi connectivity index (χ0n) is 18.9. The van der Waals surface area contributed by atoms with Crippen molar-refractivity contribution >= 4 is 0 Å². The molecular formula is C26H40O2. The van der Waals surface area contributed by atoms with E-state index in [2.05, 4.69) is 59.8 Å². The van der Waals surface area contributed by atoms with Gasteiger partial charge in [-0.05, 0) is 74.1 Å². The second-order valence-corrected chi connectivity index (χ2v) is 10.3. The first-order chi connectivity index (χ1) is 13.2. The molecule has 0 radical (unpaired) electrons. The minimum absolute atomic E-state index is 0.167. The van der Waals surface area contributed by atoms with Gasteiger partial charge in [-0.15, -0.1) is 0 Å². The van der Waals surface area contributed by atoms with Gasteiger partial charge in [0, 0.05) is 11.5 Å². The van der Waals surface area contributed by atoms with Crippen LogP contribution in [0.25, 0.3) is 0 Å². The molecule has 1 unspecified atom stereocenters. The predicted octanol–water partition coefficient (Wildman–Crippen LogP) is 6.83. The first-order valence-corrected chi connectivity index (χ1v) is 11.3. The Morgan fingerprint density at radius 2 is 1.93 bits per heavy atom. The lowest BCUT2D eigenvalue weighted by Gasteiger charge is -2.48. The summed E-state index contributed by atoms with van der Waals surface area (Å²) in [7, 11) is 0. The molecule has 1 aliphatic carbocycles. The van der Waals surface area contributed by atoms with Gasteiger partial charge in [-0.3, -0.25) is 0 Å². The Hall–Kier alpha value is -1.28. The molecule has 0 saturated heterocycles. The van der Waals surface area contributed by atoms with Crippen molar-refractivity contribution in [3.05, 3.63) is 40.5 Å². The first kappa shape index (κ1) is 21.4. The van der Waals surface area contributed by atoms with Crippen LogP contribution in [0, 0.1) is 12.8 Å². The standard InChI is InChI=1S/C26H40O2/c1-7-8-9-10-13-25(3,4)20-14-18(2)24-21-15-19(17-27)11-12-22(21)26(5,6)28-23(24)16-20/h11,14,16,21-22,27H,7-10,12-13,15,17H2,1-6H3/t21?,22-/m1/s1. The van der Waals surface area contributed by atoms with Crippen LogP contribution < -0.4 is 4.74 Å². The van der Waals surface area contributed by atoms with Gasteiger partial charge in [0.2, 0.25) is 0 Å². The van der Waals surface area contributed by atoms with E-state index in [1.165, 1.54) is 54.4 Å². The van der Waals surface area contributed by atoms with E-state index >= 15 is 0 Å². The highest BCUT2D eigenvalue weighted by molar-refractivity contribution is 5.50. The number of aliphatic hydroxyl groups is 1. The highest BCUT2D eigenvalue weighted by atomic mass is 16.5. The number of unbranched alkanes of at least 4 members (excludes halogenated alkanes) is 3. The zero-order valence-corrected chi connectivity index (χ0v) is 18.9. The van der Waals surface area contributed by atoms with Gasteiger partial charge in [-0.2, -0.15) is 0 Å². The lowest BCUT2D eigenvalue weighted by atomic mass is 9.66. The van der Waals surface area contributed by atoms with E-state index < -0.39 is 0 Å². The van der Waals surface area contributed by atoms with Crippen LogP contribution in [0.3, 0.4) is 0 Å². The minimum atomic E-state index is -0.175. The van der Waals surface area contributed by atoms with Crippen LogP contribution in [0.1, 0.15) is 102 Å². The molecule has 0 spiro atoms. The summed E-state index contributed by atoms with van der Waals surface area (Å²) < 4.78 is 6.63. The molecule has 0 fully saturated rings. The summed E-state index contributed by atoms with van der Waals surface area (Å²) >= 11 is 0. The van der Waals surface area contributed by atoms with Crippen molar-refractivity contribution in [2.24, 2.45) is 5.92 Å². The molecule has 156 valence electrons. The van der Waals surface area contributed by atoms with Gasteiger partial charge >= 0.3 is 0 Å². The fourth-order valence-electron chi connectivity index (χ4n) is 5.38. The van der Waals surface area contributed by atoms with E-state index in [1.54, 1.807) is 0 Å². The molecule has 0 bridgehead atoms. The summed E-state index contributed by atoms with van der Waals surface area (Å²) in [6, 6.07) is 4.74. The number of hydrogen-bond acceptors (Lipinski definition) is 2. The smallest absolute Gasteiger partial charge is 0.124 e. The summed E-state index contributed by atoms with van der Waals surface area (Å²) in [6.45, 7) is 13.9. The van der Waals surface area contributed by atoms with Crippen molar-refractivity contribution in [2.45, 2.75) is 103 Å². The highest BCUT2D eigenvalue weighted by Crippen LogP contribution is 2.53. The van der Waals surface area contributed by atoms with E-state index in [-0.39, 0.29) is 17.6 Å². The zero-order chi connectivity index (χ0) is 20.5. The largest absolute Gasteiger partial charge is 0.487 e. The Labute approximate surface area is 172 Å². The van der Waals surface area contributed by atoms with E-state index in [0.29, 0.717) is 11.8 Å². The third-order valence-electron chi connectivity index (χ3n) is 7.25. The number of rotatable bonds is 7. The summed E-state index contributed by atoms with van der Waals surface area (Å²) in [6.07, 6.45) is 10.7. The maximum atomic E-state index is 9.70. The Morgan fingerprint density at radius 1 is 1.18 bits per heavy atom. The molecule has 0 amide bonds.